The van der Waals surface area contributed by atoms with Gasteiger partial charge in [-0.05, 0) is 92.4 Å². The van der Waals surface area contributed by atoms with Gasteiger partial charge in [-0.1, -0.05) is 180 Å². The fraction of sp³-hybridized carbons (Fsp3) is 0.296. The summed E-state index contributed by atoms with van der Waals surface area (Å²) in [5.41, 5.74) is 12.4. The van der Waals surface area contributed by atoms with Crippen LogP contribution in [0.3, 0.4) is 0 Å². The molecule has 0 amide bonds. The Kier molecular flexibility index (Phi) is 9.94. The van der Waals surface area contributed by atoms with Gasteiger partial charge in [0.25, 0.3) is 0 Å². The van der Waals surface area contributed by atoms with Crippen molar-refractivity contribution in [2.24, 2.45) is 0 Å². The zero-order valence-electron chi connectivity index (χ0n) is 35.8. The second-order valence-electron chi connectivity index (χ2n) is 19.6. The van der Waals surface area contributed by atoms with Gasteiger partial charge in [-0.15, -0.1) is 0 Å². The van der Waals surface area contributed by atoms with Crippen LogP contribution in [0.5, 0.6) is 0 Å². The molecule has 7 rings (SSSR count). The Hall–Kier alpha value is -5.34. The highest BCUT2D eigenvalue weighted by Crippen LogP contribution is 2.51. The molecule has 0 saturated heterocycles. The SMILES string of the molecule is CC(C)(C)c1ccc(N(c2ccc(C(C)(C)C)cc2)c2c3ccccc3c(N(c3ccc(C(C)(C)C)cc3)c3ccc(C(C)(C)C)cc3)c3ccccc23)cc1. The van der Waals surface area contributed by atoms with Gasteiger partial charge in [-0.2, -0.15) is 0 Å². The third-order valence-electron chi connectivity index (χ3n) is 11.3. The summed E-state index contributed by atoms with van der Waals surface area (Å²) in [6.07, 6.45) is 0. The summed E-state index contributed by atoms with van der Waals surface area (Å²) in [6.45, 7) is 27.4. The first-order chi connectivity index (χ1) is 26.3. The molecule has 0 heterocycles. The molecule has 0 spiro atoms. The summed E-state index contributed by atoms with van der Waals surface area (Å²) in [7, 11) is 0. The summed E-state index contributed by atoms with van der Waals surface area (Å²) in [6, 6.07) is 54.8. The molecular weight excluding hydrogens is 677 g/mol. The zero-order chi connectivity index (χ0) is 40.2. The van der Waals surface area contributed by atoms with Crippen molar-refractivity contribution in [3.05, 3.63) is 168 Å². The summed E-state index contributed by atoms with van der Waals surface area (Å²) < 4.78 is 0. The quantitative estimate of drug-likeness (QED) is 0.124. The van der Waals surface area contributed by atoms with Gasteiger partial charge in [-0.25, -0.2) is 0 Å². The van der Waals surface area contributed by atoms with E-state index in [0.29, 0.717) is 0 Å². The van der Waals surface area contributed by atoms with Crippen molar-refractivity contribution in [1.82, 2.24) is 0 Å². The molecule has 0 fully saturated rings. The minimum Gasteiger partial charge on any atom is -0.309 e. The fourth-order valence-corrected chi connectivity index (χ4v) is 7.82. The maximum Gasteiger partial charge on any atom is 0.0619 e. The van der Waals surface area contributed by atoms with Gasteiger partial charge in [0.2, 0.25) is 0 Å². The molecule has 0 bridgehead atoms. The molecule has 0 aliphatic carbocycles. The molecule has 0 N–H and O–H groups in total. The van der Waals surface area contributed by atoms with Crippen molar-refractivity contribution in [3.63, 3.8) is 0 Å². The molecule has 56 heavy (non-hydrogen) atoms. The van der Waals surface area contributed by atoms with Crippen LogP contribution in [-0.4, -0.2) is 0 Å². The predicted octanol–water partition coefficient (Wildman–Crippen LogP) is 16.1. The van der Waals surface area contributed by atoms with Crippen LogP contribution in [0.25, 0.3) is 21.5 Å². The lowest BCUT2D eigenvalue weighted by Gasteiger charge is -2.33. The van der Waals surface area contributed by atoms with Gasteiger partial charge >= 0.3 is 0 Å². The second-order valence-corrected chi connectivity index (χ2v) is 19.6. The van der Waals surface area contributed by atoms with Crippen molar-refractivity contribution >= 4 is 55.7 Å². The van der Waals surface area contributed by atoms with Crippen molar-refractivity contribution in [2.45, 2.75) is 105 Å². The first-order valence-corrected chi connectivity index (χ1v) is 20.3. The molecule has 0 unspecified atom stereocenters. The van der Waals surface area contributed by atoms with Crippen LogP contribution >= 0.6 is 0 Å². The highest BCUT2D eigenvalue weighted by atomic mass is 15.2. The van der Waals surface area contributed by atoms with Crippen LogP contribution in [0, 0.1) is 0 Å². The number of anilines is 6. The van der Waals surface area contributed by atoms with Gasteiger partial charge in [0.1, 0.15) is 0 Å². The fourth-order valence-electron chi connectivity index (χ4n) is 7.82. The van der Waals surface area contributed by atoms with E-state index >= 15 is 0 Å². The minimum atomic E-state index is 0.0540. The number of benzene rings is 7. The maximum atomic E-state index is 2.48. The molecule has 0 saturated carbocycles. The Morgan fingerprint density at radius 1 is 0.250 bits per heavy atom. The van der Waals surface area contributed by atoms with Crippen molar-refractivity contribution in [2.75, 3.05) is 9.80 Å². The molecular formula is C54H60N2. The van der Waals surface area contributed by atoms with Gasteiger partial charge in [0.15, 0.2) is 0 Å². The topological polar surface area (TPSA) is 6.48 Å². The first-order valence-electron chi connectivity index (χ1n) is 20.3. The van der Waals surface area contributed by atoms with Crippen molar-refractivity contribution in [1.29, 1.82) is 0 Å². The molecule has 2 nitrogen and oxygen atoms in total. The van der Waals surface area contributed by atoms with Crippen molar-refractivity contribution < 1.29 is 0 Å². The average molecular weight is 737 g/mol. The lowest BCUT2D eigenvalue weighted by Crippen LogP contribution is -2.17. The average Bonchev–Trinajstić information content (AvgIpc) is 3.15. The Morgan fingerprint density at radius 3 is 0.589 bits per heavy atom. The molecule has 0 aromatic heterocycles. The Bertz CT molecular complexity index is 2110. The molecule has 7 aromatic rings. The Morgan fingerprint density at radius 2 is 0.429 bits per heavy atom. The smallest absolute Gasteiger partial charge is 0.0619 e. The third-order valence-corrected chi connectivity index (χ3v) is 11.3. The van der Waals surface area contributed by atoms with E-state index < -0.39 is 0 Å². The van der Waals surface area contributed by atoms with Gasteiger partial charge < -0.3 is 9.80 Å². The highest BCUT2D eigenvalue weighted by Gasteiger charge is 2.27. The monoisotopic (exact) mass is 736 g/mol. The normalized spacial score (nSPS) is 12.6. The molecule has 0 atom stereocenters. The number of nitrogens with zero attached hydrogens (tertiary/aromatic N) is 2. The van der Waals surface area contributed by atoms with E-state index in [9.17, 15) is 0 Å². The van der Waals surface area contributed by atoms with E-state index in [1.165, 1.54) is 55.2 Å². The maximum absolute atomic E-state index is 2.48. The lowest BCUT2D eigenvalue weighted by molar-refractivity contribution is 0.590. The first kappa shape index (κ1) is 38.9. The van der Waals surface area contributed by atoms with Gasteiger partial charge in [-0.3, -0.25) is 0 Å². The zero-order valence-corrected chi connectivity index (χ0v) is 35.8. The largest absolute Gasteiger partial charge is 0.309 e. The Labute approximate surface area is 336 Å². The van der Waals surface area contributed by atoms with Crippen LogP contribution in [0.1, 0.15) is 105 Å². The van der Waals surface area contributed by atoms with E-state index in [0.717, 1.165) is 22.7 Å². The lowest BCUT2D eigenvalue weighted by atomic mass is 9.86. The van der Waals surface area contributed by atoms with E-state index in [1.54, 1.807) is 0 Å². The summed E-state index contributed by atoms with van der Waals surface area (Å²) in [5.74, 6) is 0. The third kappa shape index (κ3) is 7.59. The van der Waals surface area contributed by atoms with Crippen molar-refractivity contribution in [3.8, 4) is 0 Å². The van der Waals surface area contributed by atoms with E-state index in [4.69, 9.17) is 0 Å². The predicted molar refractivity (Wildman–Crippen MR) is 246 cm³/mol. The van der Waals surface area contributed by atoms with E-state index in [2.05, 4.69) is 238 Å². The molecule has 2 heteroatoms. The number of fused-ring (bicyclic) bond motifs is 2. The van der Waals surface area contributed by atoms with Gasteiger partial charge in [0.05, 0.1) is 11.4 Å². The van der Waals surface area contributed by atoms with E-state index in [1.807, 2.05) is 0 Å². The van der Waals surface area contributed by atoms with Crippen LogP contribution in [0.2, 0.25) is 0 Å². The molecule has 7 aromatic carbocycles. The second kappa shape index (κ2) is 14.3. The molecule has 0 aliphatic rings. The Balaban J connectivity index is 1.55. The number of hydrogen-bond donors (Lipinski definition) is 0. The number of hydrogen-bond acceptors (Lipinski definition) is 2. The minimum absolute atomic E-state index is 0.0540. The standard InChI is InChI=1S/C54H60N2/c1-51(2,3)37-21-29-41(30-22-37)55(42-31-23-38(24-32-42)52(4,5)6)49-45-17-13-15-19-47(45)50(48-20-16-14-18-46(48)49)56(43-33-25-39(26-34-43)53(7,8)9)44-35-27-40(28-36-44)54(10,11)12/h13-36H,1-12H3. The molecule has 0 aliphatic heterocycles. The summed E-state index contributed by atoms with van der Waals surface area (Å²) >= 11 is 0. The molecule has 0 radical (unpaired) electrons. The number of rotatable bonds is 6. The highest BCUT2D eigenvalue weighted by molar-refractivity contribution is 6.23. The van der Waals surface area contributed by atoms with Crippen LogP contribution < -0.4 is 9.80 Å². The molecule has 286 valence electrons. The van der Waals surface area contributed by atoms with Crippen LogP contribution in [0.15, 0.2) is 146 Å². The summed E-state index contributed by atoms with van der Waals surface area (Å²) in [4.78, 5) is 4.96. The summed E-state index contributed by atoms with van der Waals surface area (Å²) in [5, 5.41) is 4.79. The van der Waals surface area contributed by atoms with Crippen LogP contribution in [0.4, 0.5) is 34.1 Å². The van der Waals surface area contributed by atoms with Gasteiger partial charge in [0, 0.05) is 44.3 Å². The van der Waals surface area contributed by atoms with E-state index in [-0.39, 0.29) is 21.7 Å². The van der Waals surface area contributed by atoms with Crippen LogP contribution in [-0.2, 0) is 21.7 Å².